The number of hydrogen-bond acceptors (Lipinski definition) is 4. The van der Waals surface area contributed by atoms with Gasteiger partial charge in [0.05, 0.1) is 12.4 Å². The molecular weight excluding hydrogens is 255 g/mol. The molecule has 1 aromatic rings. The van der Waals surface area contributed by atoms with Crippen molar-refractivity contribution in [3.63, 3.8) is 0 Å². The van der Waals surface area contributed by atoms with Crippen molar-refractivity contribution in [2.24, 2.45) is 0 Å². The molecule has 7 heteroatoms. The Hall–Kier alpha value is -0.400. The number of aldehydes is 1. The van der Waals surface area contributed by atoms with Crippen molar-refractivity contribution >= 4 is 46.0 Å². The van der Waals surface area contributed by atoms with Crippen LogP contribution in [0.15, 0.2) is 24.3 Å². The number of carbonyl (C=O) groups excluding carboxylic acids is 1. The Morgan fingerprint density at radius 3 is 2.29 bits per heavy atom. The molecule has 0 saturated carbocycles. The van der Waals surface area contributed by atoms with Crippen LogP contribution in [0.1, 0.15) is 16.8 Å². The SMILES string of the molecule is O=Cc1ccc(OCCCS(=O)(=O)O)cc1.[NaH]. The molecule has 1 N–H and O–H groups in total. The van der Waals surface area contributed by atoms with Gasteiger partial charge in [-0.15, -0.1) is 0 Å². The van der Waals surface area contributed by atoms with E-state index in [4.69, 9.17) is 9.29 Å². The quantitative estimate of drug-likeness (QED) is 0.352. The van der Waals surface area contributed by atoms with Crippen LogP contribution in [0.3, 0.4) is 0 Å². The Kier molecular flexibility index (Phi) is 7.65. The summed E-state index contributed by atoms with van der Waals surface area (Å²) in [4.78, 5) is 10.4. The van der Waals surface area contributed by atoms with Gasteiger partial charge in [0.1, 0.15) is 12.0 Å². The fourth-order valence-electron chi connectivity index (χ4n) is 1.07. The number of ether oxygens (including phenoxy) is 1. The van der Waals surface area contributed by atoms with E-state index in [9.17, 15) is 13.2 Å². The van der Waals surface area contributed by atoms with Gasteiger partial charge in [0.2, 0.25) is 0 Å². The summed E-state index contributed by atoms with van der Waals surface area (Å²) in [6.07, 6.45) is 0.941. The second-order valence-corrected chi connectivity index (χ2v) is 4.75. The van der Waals surface area contributed by atoms with Crippen LogP contribution in [0.5, 0.6) is 5.75 Å². The Bertz CT molecular complexity index is 440. The molecule has 0 unspecified atom stereocenters. The number of benzene rings is 1. The average Bonchev–Trinajstić information content (AvgIpc) is 2.24. The zero-order chi connectivity index (χ0) is 12.0. The van der Waals surface area contributed by atoms with Gasteiger partial charge >= 0.3 is 29.6 Å². The van der Waals surface area contributed by atoms with E-state index >= 15 is 0 Å². The van der Waals surface area contributed by atoms with Crippen LogP contribution >= 0.6 is 0 Å². The van der Waals surface area contributed by atoms with Crippen LogP contribution in [-0.2, 0) is 10.1 Å². The molecule has 0 bridgehead atoms. The molecule has 0 atom stereocenters. The Labute approximate surface area is 122 Å². The molecule has 0 aliphatic heterocycles. The number of carbonyl (C=O) groups is 1. The second-order valence-electron chi connectivity index (χ2n) is 3.17. The van der Waals surface area contributed by atoms with Crippen LogP contribution in [-0.4, -0.2) is 61.2 Å². The van der Waals surface area contributed by atoms with Gasteiger partial charge in [0.15, 0.2) is 0 Å². The summed E-state index contributed by atoms with van der Waals surface area (Å²) in [5.74, 6) is 0.236. The maximum atomic E-state index is 10.4. The zero-order valence-corrected chi connectivity index (χ0v) is 9.31. The molecule has 0 fully saturated rings. The number of hydrogen-bond donors (Lipinski definition) is 1. The van der Waals surface area contributed by atoms with E-state index < -0.39 is 10.1 Å². The van der Waals surface area contributed by atoms with Gasteiger partial charge in [-0.25, -0.2) is 0 Å². The predicted octanol–water partition coefficient (Wildman–Crippen LogP) is 0.507. The van der Waals surface area contributed by atoms with E-state index in [-0.39, 0.29) is 48.3 Å². The Balaban J connectivity index is 0.00000256. The molecule has 90 valence electrons. The first kappa shape index (κ1) is 16.6. The molecule has 0 heterocycles. The molecule has 0 aliphatic carbocycles. The maximum absolute atomic E-state index is 10.4. The molecule has 0 amide bonds. The molecule has 0 aromatic heterocycles. The van der Waals surface area contributed by atoms with Crippen LogP contribution < -0.4 is 4.74 Å². The van der Waals surface area contributed by atoms with Gasteiger partial charge in [0.25, 0.3) is 10.1 Å². The van der Waals surface area contributed by atoms with E-state index in [1.807, 2.05) is 0 Å². The molecule has 0 aliphatic rings. The van der Waals surface area contributed by atoms with Crippen molar-refractivity contribution in [2.45, 2.75) is 6.42 Å². The normalized spacial score (nSPS) is 10.4. The van der Waals surface area contributed by atoms with Crippen LogP contribution in [0, 0.1) is 0 Å². The molecule has 0 spiro atoms. The summed E-state index contributed by atoms with van der Waals surface area (Å²) in [6.45, 7) is 0.195. The van der Waals surface area contributed by atoms with Crippen LogP contribution in [0.4, 0.5) is 0 Å². The third-order valence-corrected chi connectivity index (χ3v) is 2.64. The summed E-state index contributed by atoms with van der Waals surface area (Å²) < 4.78 is 34.4. The van der Waals surface area contributed by atoms with Crippen LogP contribution in [0.25, 0.3) is 0 Å². The fourth-order valence-corrected chi connectivity index (χ4v) is 1.56. The van der Waals surface area contributed by atoms with E-state index in [1.54, 1.807) is 24.3 Å². The monoisotopic (exact) mass is 268 g/mol. The van der Waals surface area contributed by atoms with Gasteiger partial charge in [-0.1, -0.05) is 0 Å². The first-order valence-corrected chi connectivity index (χ1v) is 6.25. The third-order valence-electron chi connectivity index (χ3n) is 1.83. The van der Waals surface area contributed by atoms with Gasteiger partial charge < -0.3 is 4.74 Å². The van der Waals surface area contributed by atoms with Crippen molar-refractivity contribution in [1.82, 2.24) is 0 Å². The molecule has 17 heavy (non-hydrogen) atoms. The van der Waals surface area contributed by atoms with E-state index in [0.29, 0.717) is 11.3 Å². The van der Waals surface area contributed by atoms with Crippen LogP contribution in [0.2, 0.25) is 0 Å². The van der Waals surface area contributed by atoms with Crippen molar-refractivity contribution < 1.29 is 22.5 Å². The molecule has 5 nitrogen and oxygen atoms in total. The van der Waals surface area contributed by atoms with Gasteiger partial charge in [-0.05, 0) is 30.7 Å². The minimum absolute atomic E-state index is 0. The molecule has 1 aromatic carbocycles. The average molecular weight is 268 g/mol. The van der Waals surface area contributed by atoms with Crippen molar-refractivity contribution in [3.05, 3.63) is 29.8 Å². The third kappa shape index (κ3) is 7.51. The Morgan fingerprint density at radius 2 is 1.82 bits per heavy atom. The summed E-state index contributed by atoms with van der Waals surface area (Å²) in [5, 5.41) is 0. The Morgan fingerprint density at radius 1 is 1.24 bits per heavy atom. The van der Waals surface area contributed by atoms with Crippen molar-refractivity contribution in [3.8, 4) is 5.75 Å². The summed E-state index contributed by atoms with van der Waals surface area (Å²) in [5.41, 5.74) is 0.547. The zero-order valence-electron chi connectivity index (χ0n) is 8.50. The van der Waals surface area contributed by atoms with Gasteiger partial charge in [-0.2, -0.15) is 8.42 Å². The second kappa shape index (κ2) is 7.84. The molecular formula is C10H13NaO5S. The molecule has 1 rings (SSSR count). The number of rotatable bonds is 6. The van der Waals surface area contributed by atoms with Gasteiger partial charge in [-0.3, -0.25) is 9.35 Å². The minimum atomic E-state index is -3.92. The molecule has 0 radical (unpaired) electrons. The fraction of sp³-hybridized carbons (Fsp3) is 0.300. The topological polar surface area (TPSA) is 80.7 Å². The summed E-state index contributed by atoms with van der Waals surface area (Å²) in [6, 6.07) is 6.45. The summed E-state index contributed by atoms with van der Waals surface area (Å²) >= 11 is 0. The first-order valence-electron chi connectivity index (χ1n) is 4.64. The van der Waals surface area contributed by atoms with E-state index in [0.717, 1.165) is 6.29 Å². The first-order chi connectivity index (χ1) is 7.51. The molecule has 0 saturated heterocycles. The van der Waals surface area contributed by atoms with Crippen molar-refractivity contribution in [1.29, 1.82) is 0 Å². The standard InChI is InChI=1S/C10H12O5S.Na.H/c11-8-9-2-4-10(5-3-9)15-6-1-7-16(12,13)14;;/h2-5,8H,1,6-7H2,(H,12,13,14);;. The summed E-state index contributed by atoms with van der Waals surface area (Å²) in [7, 11) is -3.92. The van der Waals surface area contributed by atoms with E-state index in [2.05, 4.69) is 0 Å². The van der Waals surface area contributed by atoms with Gasteiger partial charge in [0, 0.05) is 5.56 Å². The van der Waals surface area contributed by atoms with Crippen molar-refractivity contribution in [2.75, 3.05) is 12.4 Å². The van der Waals surface area contributed by atoms with E-state index in [1.165, 1.54) is 0 Å². The predicted molar refractivity (Wildman–Crippen MR) is 65.5 cm³/mol.